The molecule has 1 aromatic heterocycles. The normalized spacial score (nSPS) is 24.2. The van der Waals surface area contributed by atoms with E-state index in [2.05, 4.69) is 14.9 Å². The molecule has 0 aliphatic carbocycles. The Morgan fingerprint density at radius 2 is 2.16 bits per heavy atom. The minimum Gasteiger partial charge on any atom is -0.338 e. The second-order valence-corrected chi connectivity index (χ2v) is 5.90. The third kappa shape index (κ3) is 3.24. The third-order valence-corrected chi connectivity index (χ3v) is 4.72. The van der Waals surface area contributed by atoms with Crippen LogP contribution in [0.3, 0.4) is 0 Å². The van der Waals surface area contributed by atoms with Crippen molar-refractivity contribution in [3.05, 3.63) is 11.1 Å². The van der Waals surface area contributed by atoms with Crippen LogP contribution in [0.1, 0.15) is 35.4 Å². The molecule has 1 aromatic rings. The molecule has 3 heterocycles. The van der Waals surface area contributed by atoms with Crippen molar-refractivity contribution in [3.63, 3.8) is 0 Å². The summed E-state index contributed by atoms with van der Waals surface area (Å²) in [5, 5.41) is 7.30. The molecular weight excluding hydrogens is 284 g/mol. The first-order valence-corrected chi connectivity index (χ1v) is 7.42. The van der Waals surface area contributed by atoms with Crippen LogP contribution in [0.2, 0.25) is 0 Å². The quantitative estimate of drug-likeness (QED) is 0.901. The van der Waals surface area contributed by atoms with Gasteiger partial charge in [0.25, 0.3) is 5.91 Å². The van der Waals surface area contributed by atoms with Crippen molar-refractivity contribution in [3.8, 4) is 0 Å². The van der Waals surface area contributed by atoms with Gasteiger partial charge in [-0.05, 0) is 49.7 Å². The van der Waals surface area contributed by atoms with E-state index in [1.165, 1.54) is 24.4 Å². The van der Waals surface area contributed by atoms with Gasteiger partial charge in [-0.15, -0.1) is 17.5 Å². The Bertz CT molecular complexity index is 400. The van der Waals surface area contributed by atoms with Gasteiger partial charge < -0.3 is 10.2 Å². The molecule has 19 heavy (non-hydrogen) atoms. The van der Waals surface area contributed by atoms with Gasteiger partial charge in [-0.1, -0.05) is 4.49 Å². The number of nitrogens with zero attached hydrogens (tertiary/aromatic N) is 3. The van der Waals surface area contributed by atoms with Crippen molar-refractivity contribution < 1.29 is 4.79 Å². The van der Waals surface area contributed by atoms with Gasteiger partial charge in [0.1, 0.15) is 4.88 Å². The van der Waals surface area contributed by atoms with Crippen molar-refractivity contribution in [1.29, 1.82) is 0 Å². The van der Waals surface area contributed by atoms with Gasteiger partial charge in [0.05, 0.1) is 6.20 Å². The van der Waals surface area contributed by atoms with E-state index in [0.717, 1.165) is 38.4 Å². The monoisotopic (exact) mass is 302 g/mol. The van der Waals surface area contributed by atoms with Crippen LogP contribution in [0.25, 0.3) is 0 Å². The number of rotatable bonds is 2. The summed E-state index contributed by atoms with van der Waals surface area (Å²) in [6.07, 6.45) is 6.41. The van der Waals surface area contributed by atoms with E-state index < -0.39 is 0 Å². The Hall–Kier alpha value is -0.720. The largest absolute Gasteiger partial charge is 0.338 e. The van der Waals surface area contributed by atoms with Gasteiger partial charge >= 0.3 is 0 Å². The average Bonchev–Trinajstić information content (AvgIpc) is 3.11. The molecule has 0 spiro atoms. The highest BCUT2D eigenvalue weighted by Crippen LogP contribution is 2.26. The summed E-state index contributed by atoms with van der Waals surface area (Å²) in [4.78, 5) is 14.7. The van der Waals surface area contributed by atoms with E-state index >= 15 is 0 Å². The number of halogens is 1. The Morgan fingerprint density at radius 3 is 2.74 bits per heavy atom. The molecule has 0 saturated carbocycles. The van der Waals surface area contributed by atoms with Crippen molar-refractivity contribution in [2.75, 3.05) is 19.6 Å². The lowest BCUT2D eigenvalue weighted by molar-refractivity contribution is 0.0679. The van der Waals surface area contributed by atoms with Crippen LogP contribution in [0.5, 0.6) is 0 Å². The van der Waals surface area contributed by atoms with Crippen LogP contribution in [-0.4, -0.2) is 46.1 Å². The van der Waals surface area contributed by atoms with Gasteiger partial charge in [0, 0.05) is 19.1 Å². The van der Waals surface area contributed by atoms with Crippen molar-refractivity contribution in [2.45, 2.75) is 31.7 Å². The molecule has 1 unspecified atom stereocenters. The average molecular weight is 303 g/mol. The third-order valence-electron chi connectivity index (χ3n) is 4.07. The number of amides is 1. The maximum absolute atomic E-state index is 12.1. The van der Waals surface area contributed by atoms with Crippen molar-refractivity contribution in [2.24, 2.45) is 5.92 Å². The lowest BCUT2D eigenvalue weighted by Gasteiger charge is -2.34. The lowest BCUT2D eigenvalue weighted by Crippen LogP contribution is -2.43. The molecule has 2 saturated heterocycles. The predicted molar refractivity (Wildman–Crippen MR) is 76.8 cm³/mol. The van der Waals surface area contributed by atoms with E-state index in [0.29, 0.717) is 10.9 Å². The topological polar surface area (TPSA) is 58.1 Å². The molecule has 7 heteroatoms. The molecule has 0 bridgehead atoms. The fourth-order valence-corrected chi connectivity index (χ4v) is 3.52. The molecule has 5 nitrogen and oxygen atoms in total. The van der Waals surface area contributed by atoms with Gasteiger partial charge in [-0.3, -0.25) is 4.79 Å². The Kier molecular flexibility index (Phi) is 5.13. The molecule has 0 radical (unpaired) electrons. The van der Waals surface area contributed by atoms with Crippen LogP contribution in [0.4, 0.5) is 0 Å². The molecule has 2 aliphatic heterocycles. The van der Waals surface area contributed by atoms with Crippen LogP contribution in [-0.2, 0) is 0 Å². The zero-order chi connectivity index (χ0) is 12.4. The molecule has 2 fully saturated rings. The minimum atomic E-state index is 0. The van der Waals surface area contributed by atoms with E-state index in [9.17, 15) is 4.79 Å². The molecule has 106 valence electrons. The van der Waals surface area contributed by atoms with Crippen molar-refractivity contribution >= 4 is 29.8 Å². The lowest BCUT2D eigenvalue weighted by atomic mass is 9.88. The first-order valence-electron chi connectivity index (χ1n) is 6.64. The number of nitrogens with one attached hydrogen (secondary N) is 1. The smallest absolute Gasteiger partial charge is 0.267 e. The van der Waals surface area contributed by atoms with Gasteiger partial charge in [-0.25, -0.2) is 0 Å². The number of hydrogen-bond acceptors (Lipinski definition) is 5. The molecule has 2 aliphatic rings. The molecule has 3 rings (SSSR count). The molecule has 0 aromatic carbocycles. The number of carbonyl (C=O) groups is 1. The van der Waals surface area contributed by atoms with Gasteiger partial charge in [0.15, 0.2) is 0 Å². The number of likely N-dealkylation sites (tertiary alicyclic amines) is 1. The van der Waals surface area contributed by atoms with Crippen LogP contribution < -0.4 is 5.32 Å². The van der Waals surface area contributed by atoms with Crippen LogP contribution in [0, 0.1) is 5.92 Å². The molecule has 1 N–H and O–H groups in total. The highest BCUT2D eigenvalue weighted by Gasteiger charge is 2.30. The highest BCUT2D eigenvalue weighted by atomic mass is 35.5. The molecule has 1 amide bonds. The number of piperidine rings is 1. The SMILES string of the molecule is Cl.O=C(c1cnns1)N1CCC(C2CCCN2)CC1. The van der Waals surface area contributed by atoms with E-state index in [-0.39, 0.29) is 18.3 Å². The van der Waals surface area contributed by atoms with Gasteiger partial charge in [0.2, 0.25) is 0 Å². The summed E-state index contributed by atoms with van der Waals surface area (Å²) < 4.78 is 3.75. The standard InChI is InChI=1S/C12H18N4OS.ClH/c17-12(11-8-14-15-18-11)16-6-3-9(4-7-16)10-2-1-5-13-10;/h8-10,13H,1-7H2;1H. The molecule has 1 atom stereocenters. The summed E-state index contributed by atoms with van der Waals surface area (Å²) in [5.41, 5.74) is 0. The number of hydrogen-bond donors (Lipinski definition) is 1. The minimum absolute atomic E-state index is 0. The predicted octanol–water partition coefficient (Wildman–Crippen LogP) is 1.56. The maximum atomic E-state index is 12.1. The number of carbonyl (C=O) groups excluding carboxylic acids is 1. The molecular formula is C12H19ClN4OS. The fourth-order valence-electron chi connectivity index (χ4n) is 3.04. The fraction of sp³-hybridized carbons (Fsp3) is 0.750. The summed E-state index contributed by atoms with van der Waals surface area (Å²) in [6.45, 7) is 2.91. The Morgan fingerprint density at radius 1 is 1.37 bits per heavy atom. The van der Waals surface area contributed by atoms with Crippen molar-refractivity contribution in [1.82, 2.24) is 19.8 Å². The zero-order valence-electron chi connectivity index (χ0n) is 10.7. The first kappa shape index (κ1) is 14.7. The summed E-state index contributed by atoms with van der Waals surface area (Å²) >= 11 is 1.19. The zero-order valence-corrected chi connectivity index (χ0v) is 12.4. The second kappa shape index (κ2) is 6.63. The first-order chi connectivity index (χ1) is 8.84. The van der Waals surface area contributed by atoms with E-state index in [4.69, 9.17) is 0 Å². The van der Waals surface area contributed by atoms with Crippen LogP contribution in [0.15, 0.2) is 6.20 Å². The van der Waals surface area contributed by atoms with Crippen LogP contribution >= 0.6 is 23.9 Å². The van der Waals surface area contributed by atoms with E-state index in [1.807, 2.05) is 4.90 Å². The highest BCUT2D eigenvalue weighted by molar-refractivity contribution is 7.07. The summed E-state index contributed by atoms with van der Waals surface area (Å²) in [5.74, 6) is 0.846. The summed E-state index contributed by atoms with van der Waals surface area (Å²) in [7, 11) is 0. The Balaban J connectivity index is 0.00000133. The summed E-state index contributed by atoms with van der Waals surface area (Å²) in [6, 6.07) is 0.687. The Labute approximate surface area is 123 Å². The second-order valence-electron chi connectivity index (χ2n) is 5.11. The maximum Gasteiger partial charge on any atom is 0.267 e. The van der Waals surface area contributed by atoms with Gasteiger partial charge in [-0.2, -0.15) is 0 Å². The number of aromatic nitrogens is 2. The van der Waals surface area contributed by atoms with E-state index in [1.54, 1.807) is 6.20 Å².